The molecule has 0 spiro atoms. The van der Waals surface area contributed by atoms with Crippen molar-refractivity contribution in [2.75, 3.05) is 5.75 Å². The SMILES string of the molecule is OC1(c2ccccc2)CSC(=S)N1Cc1cccc(CN2C(=S)SSC2(O)c2ccccc2)c1. The number of rotatable bonds is 6. The number of aliphatic hydroxyl groups is 2. The molecule has 0 radical (unpaired) electrons. The molecule has 2 heterocycles. The lowest BCUT2D eigenvalue weighted by Gasteiger charge is -2.35. The van der Waals surface area contributed by atoms with Crippen LogP contribution in [0.4, 0.5) is 0 Å². The van der Waals surface area contributed by atoms with E-state index in [2.05, 4.69) is 6.07 Å². The van der Waals surface area contributed by atoms with E-state index in [-0.39, 0.29) is 0 Å². The first-order valence-electron chi connectivity index (χ1n) is 10.7. The Morgan fingerprint density at radius 1 is 0.735 bits per heavy atom. The maximum Gasteiger partial charge on any atom is 0.226 e. The van der Waals surface area contributed by atoms with Crippen LogP contribution >= 0.6 is 57.8 Å². The Hall–Kier alpha value is -1.59. The molecule has 2 aliphatic heterocycles. The van der Waals surface area contributed by atoms with Crippen molar-refractivity contribution < 1.29 is 10.2 Å². The Labute approximate surface area is 222 Å². The van der Waals surface area contributed by atoms with E-state index < -0.39 is 10.8 Å². The Morgan fingerprint density at radius 3 is 1.97 bits per heavy atom. The minimum Gasteiger partial charge on any atom is -0.366 e. The third-order valence-electron chi connectivity index (χ3n) is 5.94. The summed E-state index contributed by atoms with van der Waals surface area (Å²) in [6, 6.07) is 27.5. The van der Waals surface area contributed by atoms with Crippen LogP contribution in [0.3, 0.4) is 0 Å². The summed E-state index contributed by atoms with van der Waals surface area (Å²) >= 11 is 12.7. The van der Waals surface area contributed by atoms with Crippen molar-refractivity contribution in [1.29, 1.82) is 0 Å². The lowest BCUT2D eigenvalue weighted by atomic mass is 10.0. The van der Waals surface area contributed by atoms with Crippen molar-refractivity contribution in [3.63, 3.8) is 0 Å². The van der Waals surface area contributed by atoms with Crippen LogP contribution in [0.1, 0.15) is 22.3 Å². The Balaban J connectivity index is 1.39. The van der Waals surface area contributed by atoms with Gasteiger partial charge in [0.05, 0.1) is 5.75 Å². The first kappa shape index (κ1) is 24.1. The van der Waals surface area contributed by atoms with Gasteiger partial charge >= 0.3 is 0 Å². The number of thioether (sulfide) groups is 1. The summed E-state index contributed by atoms with van der Waals surface area (Å²) in [7, 11) is 2.77. The van der Waals surface area contributed by atoms with Crippen LogP contribution in [0.25, 0.3) is 0 Å². The number of hydrogen-bond donors (Lipinski definition) is 2. The largest absolute Gasteiger partial charge is 0.366 e. The number of nitrogens with zero attached hydrogens (tertiary/aromatic N) is 2. The molecule has 3 aromatic carbocycles. The fourth-order valence-electron chi connectivity index (χ4n) is 4.14. The quantitative estimate of drug-likeness (QED) is 0.304. The minimum absolute atomic E-state index is 0.472. The van der Waals surface area contributed by atoms with Crippen molar-refractivity contribution in [2.24, 2.45) is 0 Å². The van der Waals surface area contributed by atoms with Crippen LogP contribution in [0.5, 0.6) is 0 Å². The molecule has 0 aliphatic carbocycles. The summed E-state index contributed by atoms with van der Waals surface area (Å²) in [5, 5.41) is 21.8. The molecule has 0 bridgehead atoms. The zero-order valence-corrected chi connectivity index (χ0v) is 22.1. The van der Waals surface area contributed by atoms with Crippen LogP contribution < -0.4 is 0 Å². The van der Waals surface area contributed by atoms with E-state index in [0.717, 1.165) is 22.3 Å². The predicted molar refractivity (Wildman–Crippen MR) is 151 cm³/mol. The van der Waals surface area contributed by atoms with Gasteiger partial charge in [-0.05, 0) is 32.7 Å². The highest BCUT2D eigenvalue weighted by Crippen LogP contribution is 2.53. The van der Waals surface area contributed by atoms with Gasteiger partial charge in [0.1, 0.15) is 4.32 Å². The second-order valence-electron chi connectivity index (χ2n) is 8.14. The van der Waals surface area contributed by atoms with Gasteiger partial charge in [0.25, 0.3) is 0 Å². The highest BCUT2D eigenvalue weighted by molar-refractivity contribution is 8.84. The molecule has 4 nitrogen and oxygen atoms in total. The van der Waals surface area contributed by atoms with Crippen molar-refractivity contribution in [1.82, 2.24) is 9.80 Å². The van der Waals surface area contributed by atoms with Crippen molar-refractivity contribution in [2.45, 2.75) is 23.9 Å². The van der Waals surface area contributed by atoms with E-state index in [4.69, 9.17) is 24.4 Å². The molecule has 2 atom stereocenters. The molecule has 2 unspecified atom stereocenters. The standard InChI is InChI=1S/C25H22N2O2S5/c28-24(20-10-3-1-4-11-20)17-32-22(30)26(24)15-18-8-7-9-19(14-18)16-27-23(31)33-34-25(27,29)21-12-5-2-6-13-21/h1-14,28-29H,15-17H2. The topological polar surface area (TPSA) is 46.9 Å². The maximum absolute atomic E-state index is 11.5. The van der Waals surface area contributed by atoms with E-state index in [0.29, 0.717) is 27.5 Å². The van der Waals surface area contributed by atoms with Crippen molar-refractivity contribution >= 4 is 66.4 Å². The summed E-state index contributed by atoms with van der Waals surface area (Å²) in [5.41, 5.74) is 2.55. The Kier molecular flexibility index (Phi) is 6.96. The van der Waals surface area contributed by atoms with Crippen LogP contribution in [0.2, 0.25) is 0 Å². The molecule has 2 fully saturated rings. The third kappa shape index (κ3) is 4.51. The fourth-order valence-corrected chi connectivity index (χ4v) is 8.51. The number of hydrogen-bond acceptors (Lipinski definition) is 7. The first-order valence-corrected chi connectivity index (χ1v) is 14.6. The summed E-state index contributed by atoms with van der Waals surface area (Å²) in [5.74, 6) is 0.496. The van der Waals surface area contributed by atoms with Crippen LogP contribution in [0.15, 0.2) is 84.9 Å². The van der Waals surface area contributed by atoms with Crippen molar-refractivity contribution in [3.8, 4) is 0 Å². The van der Waals surface area contributed by atoms with E-state index in [1.165, 1.54) is 33.3 Å². The van der Waals surface area contributed by atoms with Gasteiger partial charge < -0.3 is 20.0 Å². The van der Waals surface area contributed by atoms with E-state index >= 15 is 0 Å². The van der Waals surface area contributed by atoms with Gasteiger partial charge in [-0.15, -0.1) is 0 Å². The number of thiocarbonyl (C=S) groups is 2. The fraction of sp³-hybridized carbons (Fsp3) is 0.200. The van der Waals surface area contributed by atoms with Crippen LogP contribution in [0, 0.1) is 0 Å². The summed E-state index contributed by atoms with van der Waals surface area (Å²) in [6.45, 7) is 0.961. The lowest BCUT2D eigenvalue weighted by Crippen LogP contribution is -2.44. The van der Waals surface area contributed by atoms with Gasteiger partial charge in [-0.1, -0.05) is 121 Å². The number of benzene rings is 3. The van der Waals surface area contributed by atoms with E-state index in [1.54, 1.807) is 0 Å². The normalized spacial score (nSPS) is 24.8. The van der Waals surface area contributed by atoms with Gasteiger partial charge in [0.15, 0.2) is 10.0 Å². The van der Waals surface area contributed by atoms with Crippen LogP contribution in [-0.4, -0.2) is 34.4 Å². The molecule has 0 aromatic heterocycles. The zero-order valence-electron chi connectivity index (χ0n) is 18.0. The molecular weight excluding hydrogens is 521 g/mol. The summed E-state index contributed by atoms with van der Waals surface area (Å²) < 4.78 is 1.33. The highest BCUT2D eigenvalue weighted by atomic mass is 33.1. The highest BCUT2D eigenvalue weighted by Gasteiger charge is 2.46. The average molecular weight is 543 g/mol. The molecule has 34 heavy (non-hydrogen) atoms. The molecule has 2 N–H and O–H groups in total. The monoisotopic (exact) mass is 542 g/mol. The van der Waals surface area contributed by atoms with E-state index in [1.807, 2.05) is 88.7 Å². The summed E-state index contributed by atoms with van der Waals surface area (Å²) in [4.78, 5) is 3.76. The zero-order chi connectivity index (χ0) is 23.8. The molecule has 3 aromatic rings. The molecule has 2 aliphatic rings. The van der Waals surface area contributed by atoms with Gasteiger partial charge in [0, 0.05) is 24.2 Å². The maximum atomic E-state index is 11.5. The first-order chi connectivity index (χ1) is 16.4. The minimum atomic E-state index is -1.22. The third-order valence-corrected chi connectivity index (χ3v) is 10.9. The smallest absolute Gasteiger partial charge is 0.226 e. The average Bonchev–Trinajstić information content (AvgIpc) is 3.32. The lowest BCUT2D eigenvalue weighted by molar-refractivity contribution is -0.0508. The van der Waals surface area contributed by atoms with Gasteiger partial charge in [-0.2, -0.15) is 0 Å². The molecule has 0 amide bonds. The molecule has 0 saturated carbocycles. The van der Waals surface area contributed by atoms with E-state index in [9.17, 15) is 10.2 Å². The molecule has 5 rings (SSSR count). The molecular formula is C25H22N2O2S5. The van der Waals surface area contributed by atoms with Gasteiger partial charge in [-0.25, -0.2) is 0 Å². The summed E-state index contributed by atoms with van der Waals surface area (Å²) in [6.07, 6.45) is 0. The van der Waals surface area contributed by atoms with Gasteiger partial charge in [0.2, 0.25) is 5.06 Å². The molecule has 174 valence electrons. The Morgan fingerprint density at radius 2 is 1.32 bits per heavy atom. The second-order valence-corrected chi connectivity index (χ2v) is 12.7. The van der Waals surface area contributed by atoms with Crippen LogP contribution in [-0.2, 0) is 23.9 Å². The van der Waals surface area contributed by atoms with Gasteiger partial charge in [-0.3, -0.25) is 0 Å². The Bertz CT molecular complexity index is 1120. The molecule has 9 heteroatoms. The predicted octanol–water partition coefficient (Wildman–Crippen LogP) is 5.65. The van der Waals surface area contributed by atoms with Crippen molar-refractivity contribution in [3.05, 3.63) is 107 Å². The molecule has 2 saturated heterocycles. The second kappa shape index (κ2) is 9.81.